The first-order valence-corrected chi connectivity index (χ1v) is 6.70. The minimum atomic E-state index is -0.828. The number of rotatable bonds is 5. The third-order valence-corrected chi connectivity index (χ3v) is 2.82. The zero-order chi connectivity index (χ0) is 15.2. The molecule has 0 bridgehead atoms. The van der Waals surface area contributed by atoms with Crippen LogP contribution in [0.5, 0.6) is 0 Å². The second-order valence-electron chi connectivity index (χ2n) is 5.59. The van der Waals surface area contributed by atoms with E-state index in [0.29, 0.717) is 6.54 Å². The van der Waals surface area contributed by atoms with E-state index >= 15 is 0 Å². The molecular formula is C15H22N2O3. The first-order valence-electron chi connectivity index (χ1n) is 6.70. The number of nitrogens with zero attached hydrogens (tertiary/aromatic N) is 1. The van der Waals surface area contributed by atoms with Crippen molar-refractivity contribution >= 4 is 11.9 Å². The lowest BCUT2D eigenvalue weighted by molar-refractivity contribution is -0.156. The fourth-order valence-corrected chi connectivity index (χ4v) is 1.86. The molecule has 5 heteroatoms. The van der Waals surface area contributed by atoms with Crippen molar-refractivity contribution < 1.29 is 14.3 Å². The maximum atomic E-state index is 12.2. The quantitative estimate of drug-likeness (QED) is 0.660. The fourth-order valence-electron chi connectivity index (χ4n) is 1.86. The van der Waals surface area contributed by atoms with E-state index in [2.05, 4.69) is 10.3 Å². The highest BCUT2D eigenvalue weighted by atomic mass is 16.5. The topological polar surface area (TPSA) is 68.3 Å². The lowest BCUT2D eigenvalue weighted by Gasteiger charge is -2.27. The number of carbonyl (C=O) groups is 2. The molecule has 0 aliphatic heterocycles. The summed E-state index contributed by atoms with van der Waals surface area (Å²) < 4.78 is 4.99. The lowest BCUT2D eigenvalue weighted by Crippen LogP contribution is -2.43. The summed E-state index contributed by atoms with van der Waals surface area (Å²) in [5, 5.41) is 2.74. The van der Waals surface area contributed by atoms with Crippen LogP contribution in [0.1, 0.15) is 33.4 Å². The molecule has 1 atom stereocenters. The van der Waals surface area contributed by atoms with Crippen LogP contribution in [0.25, 0.3) is 0 Å². The number of amides is 1. The van der Waals surface area contributed by atoms with Gasteiger partial charge in [-0.1, -0.05) is 26.8 Å². The summed E-state index contributed by atoms with van der Waals surface area (Å²) in [6.07, 6.45) is 1.66. The van der Waals surface area contributed by atoms with Crippen LogP contribution >= 0.6 is 0 Å². The number of aromatic nitrogens is 1. The molecule has 110 valence electrons. The Bertz CT molecular complexity index is 452. The Balaban J connectivity index is 2.72. The number of hydrogen-bond acceptors (Lipinski definition) is 4. The number of pyridine rings is 1. The molecule has 1 unspecified atom stereocenters. The van der Waals surface area contributed by atoms with E-state index in [4.69, 9.17) is 4.74 Å². The van der Waals surface area contributed by atoms with Gasteiger partial charge >= 0.3 is 5.97 Å². The third kappa shape index (κ3) is 4.64. The molecule has 1 N–H and O–H groups in total. The maximum absolute atomic E-state index is 12.2. The molecule has 1 amide bonds. The lowest BCUT2D eigenvalue weighted by atomic mass is 9.80. The van der Waals surface area contributed by atoms with E-state index in [0.717, 1.165) is 5.69 Å². The Morgan fingerprint density at radius 1 is 1.35 bits per heavy atom. The number of esters is 1. The third-order valence-electron chi connectivity index (χ3n) is 2.82. The van der Waals surface area contributed by atoms with Crippen molar-refractivity contribution in [2.45, 2.75) is 34.2 Å². The van der Waals surface area contributed by atoms with Crippen molar-refractivity contribution in [3.05, 3.63) is 30.1 Å². The number of nitrogens with one attached hydrogen (secondary N) is 1. The second-order valence-corrected chi connectivity index (χ2v) is 5.59. The first-order chi connectivity index (χ1) is 9.36. The van der Waals surface area contributed by atoms with Gasteiger partial charge < -0.3 is 10.1 Å². The van der Waals surface area contributed by atoms with Gasteiger partial charge in [-0.25, -0.2) is 0 Å². The van der Waals surface area contributed by atoms with Gasteiger partial charge in [0, 0.05) is 6.20 Å². The van der Waals surface area contributed by atoms with Crippen molar-refractivity contribution in [3.8, 4) is 0 Å². The molecule has 1 aromatic rings. The Labute approximate surface area is 119 Å². The summed E-state index contributed by atoms with van der Waals surface area (Å²) in [5.41, 5.74) is 0.248. The van der Waals surface area contributed by atoms with Crippen LogP contribution < -0.4 is 5.32 Å². The van der Waals surface area contributed by atoms with Crippen LogP contribution in [-0.4, -0.2) is 23.5 Å². The van der Waals surface area contributed by atoms with Gasteiger partial charge in [-0.2, -0.15) is 0 Å². The summed E-state index contributed by atoms with van der Waals surface area (Å²) in [6, 6.07) is 5.47. The van der Waals surface area contributed by atoms with Gasteiger partial charge in [0.05, 0.1) is 18.8 Å². The molecule has 0 aliphatic carbocycles. The normalized spacial score (nSPS) is 12.6. The molecule has 0 saturated carbocycles. The molecule has 0 fully saturated rings. The minimum Gasteiger partial charge on any atom is -0.465 e. The van der Waals surface area contributed by atoms with Crippen LogP contribution in [-0.2, 0) is 20.9 Å². The molecule has 5 nitrogen and oxygen atoms in total. The molecule has 0 spiro atoms. The minimum absolute atomic E-state index is 0.263. The predicted molar refractivity (Wildman–Crippen MR) is 75.7 cm³/mol. The van der Waals surface area contributed by atoms with Crippen LogP contribution in [0.2, 0.25) is 0 Å². The van der Waals surface area contributed by atoms with Crippen LogP contribution in [0.15, 0.2) is 24.4 Å². The molecular weight excluding hydrogens is 256 g/mol. The second kappa shape index (κ2) is 7.03. The molecule has 0 aliphatic rings. The number of carbonyl (C=O) groups excluding carboxylic acids is 2. The molecule has 0 aromatic carbocycles. The average Bonchev–Trinajstić information content (AvgIpc) is 2.36. The van der Waals surface area contributed by atoms with Crippen molar-refractivity contribution in [1.82, 2.24) is 10.3 Å². The fraction of sp³-hybridized carbons (Fsp3) is 0.533. The van der Waals surface area contributed by atoms with Crippen molar-refractivity contribution in [3.63, 3.8) is 0 Å². The Kier molecular flexibility index (Phi) is 5.67. The van der Waals surface area contributed by atoms with E-state index in [-0.39, 0.29) is 12.5 Å². The highest BCUT2D eigenvalue weighted by Gasteiger charge is 2.38. The SMILES string of the molecule is CCOC(=O)C(C(=O)NCc1ccccn1)C(C)(C)C. The van der Waals surface area contributed by atoms with E-state index < -0.39 is 17.3 Å². The Morgan fingerprint density at radius 3 is 2.55 bits per heavy atom. The highest BCUT2D eigenvalue weighted by Crippen LogP contribution is 2.27. The largest absolute Gasteiger partial charge is 0.465 e. The van der Waals surface area contributed by atoms with Gasteiger partial charge in [0.2, 0.25) is 5.91 Å². The summed E-state index contributed by atoms with van der Waals surface area (Å²) >= 11 is 0. The first kappa shape index (κ1) is 16.1. The summed E-state index contributed by atoms with van der Waals surface area (Å²) in [5.74, 6) is -1.65. The highest BCUT2D eigenvalue weighted by molar-refractivity contribution is 5.98. The number of ether oxygens (including phenoxy) is 1. The van der Waals surface area contributed by atoms with Crippen LogP contribution in [0, 0.1) is 11.3 Å². The molecule has 1 aromatic heterocycles. The van der Waals surface area contributed by atoms with E-state index in [9.17, 15) is 9.59 Å². The van der Waals surface area contributed by atoms with Crippen LogP contribution in [0.3, 0.4) is 0 Å². The van der Waals surface area contributed by atoms with E-state index in [1.165, 1.54) is 0 Å². The summed E-state index contributed by atoms with van der Waals surface area (Å²) in [7, 11) is 0. The smallest absolute Gasteiger partial charge is 0.319 e. The van der Waals surface area contributed by atoms with Gasteiger partial charge in [0.25, 0.3) is 0 Å². The molecule has 1 heterocycles. The predicted octanol–water partition coefficient (Wildman–Crippen LogP) is 1.92. The van der Waals surface area contributed by atoms with E-state index in [1.54, 1.807) is 13.1 Å². The van der Waals surface area contributed by atoms with Crippen molar-refractivity contribution in [2.24, 2.45) is 11.3 Å². The zero-order valence-corrected chi connectivity index (χ0v) is 12.5. The summed E-state index contributed by atoms with van der Waals surface area (Å²) in [6.45, 7) is 7.81. The monoisotopic (exact) mass is 278 g/mol. The summed E-state index contributed by atoms with van der Waals surface area (Å²) in [4.78, 5) is 28.3. The van der Waals surface area contributed by atoms with E-state index in [1.807, 2.05) is 39.0 Å². The molecule has 0 saturated heterocycles. The van der Waals surface area contributed by atoms with Gasteiger partial charge in [0.1, 0.15) is 5.92 Å². The van der Waals surface area contributed by atoms with Gasteiger partial charge in [-0.05, 0) is 24.5 Å². The van der Waals surface area contributed by atoms with Gasteiger partial charge in [-0.3, -0.25) is 14.6 Å². The van der Waals surface area contributed by atoms with Gasteiger partial charge in [-0.15, -0.1) is 0 Å². The maximum Gasteiger partial charge on any atom is 0.319 e. The standard InChI is InChI=1S/C15H22N2O3/c1-5-20-14(19)12(15(2,3)4)13(18)17-10-11-8-6-7-9-16-11/h6-9,12H,5,10H2,1-4H3,(H,17,18). The van der Waals surface area contributed by atoms with Crippen molar-refractivity contribution in [1.29, 1.82) is 0 Å². The van der Waals surface area contributed by atoms with Crippen LogP contribution in [0.4, 0.5) is 0 Å². The average molecular weight is 278 g/mol. The van der Waals surface area contributed by atoms with Crippen molar-refractivity contribution in [2.75, 3.05) is 6.61 Å². The Hall–Kier alpha value is -1.91. The Morgan fingerprint density at radius 2 is 2.05 bits per heavy atom. The number of hydrogen-bond donors (Lipinski definition) is 1. The van der Waals surface area contributed by atoms with Gasteiger partial charge in [0.15, 0.2) is 0 Å². The molecule has 20 heavy (non-hydrogen) atoms. The molecule has 1 rings (SSSR count). The zero-order valence-electron chi connectivity index (χ0n) is 12.5. The molecule has 0 radical (unpaired) electrons.